The predicted molar refractivity (Wildman–Crippen MR) is 113 cm³/mol. The number of aliphatic imine (C=N–C) groups is 1. The molecule has 0 heterocycles. The van der Waals surface area contributed by atoms with Gasteiger partial charge in [0.15, 0.2) is 5.96 Å². The molecule has 3 N–H and O–H groups in total. The summed E-state index contributed by atoms with van der Waals surface area (Å²) in [5, 5.41) is 10.5. The molecule has 144 valence electrons. The number of hydrogen-bond acceptors (Lipinski definition) is 2. The van der Waals surface area contributed by atoms with Gasteiger partial charge in [0.05, 0.1) is 6.04 Å². The Morgan fingerprint density at radius 3 is 2.63 bits per heavy atom. The van der Waals surface area contributed by atoms with E-state index in [4.69, 9.17) is 23.2 Å². The van der Waals surface area contributed by atoms with Gasteiger partial charge in [0.2, 0.25) is 0 Å². The van der Waals surface area contributed by atoms with Crippen LogP contribution >= 0.6 is 23.2 Å². The standard InChI is InChI=1S/C20H24Cl2N4O/c1-13(17-8-7-16(21)12-18(17)22)26-20(24-3)25-10-9-14-5-4-6-15(11-14)19(27)23-2/h4-8,11-13H,9-10H2,1-3H3,(H,23,27)(H2,24,25,26). The fraction of sp³-hybridized carbons (Fsp3) is 0.300. The lowest BCUT2D eigenvalue weighted by molar-refractivity contribution is 0.0963. The van der Waals surface area contributed by atoms with Crippen molar-refractivity contribution in [2.24, 2.45) is 4.99 Å². The second-order valence-corrected chi connectivity index (χ2v) is 6.90. The SMILES string of the molecule is CN=C(NCCc1cccc(C(=O)NC)c1)NC(C)c1ccc(Cl)cc1Cl. The molecule has 27 heavy (non-hydrogen) atoms. The average molecular weight is 407 g/mol. The fourth-order valence-electron chi connectivity index (χ4n) is 2.67. The Hall–Kier alpha value is -2.24. The van der Waals surface area contributed by atoms with Crippen LogP contribution in [0.25, 0.3) is 0 Å². The first-order chi connectivity index (χ1) is 12.9. The molecule has 7 heteroatoms. The maximum atomic E-state index is 11.7. The third kappa shape index (κ3) is 6.15. The van der Waals surface area contributed by atoms with Gasteiger partial charge in [0, 0.05) is 36.2 Å². The van der Waals surface area contributed by atoms with Crippen molar-refractivity contribution in [3.8, 4) is 0 Å². The summed E-state index contributed by atoms with van der Waals surface area (Å²) in [6.45, 7) is 2.69. The number of halogens is 2. The number of nitrogens with zero attached hydrogens (tertiary/aromatic N) is 1. The van der Waals surface area contributed by atoms with Gasteiger partial charge < -0.3 is 16.0 Å². The Kier molecular flexibility index (Phi) is 7.95. The monoisotopic (exact) mass is 406 g/mol. The Labute approximate surface area is 170 Å². The highest BCUT2D eigenvalue weighted by molar-refractivity contribution is 6.35. The van der Waals surface area contributed by atoms with Gasteiger partial charge in [0.1, 0.15) is 0 Å². The minimum Gasteiger partial charge on any atom is -0.356 e. The molecule has 0 aliphatic heterocycles. The lowest BCUT2D eigenvalue weighted by Gasteiger charge is -2.19. The van der Waals surface area contributed by atoms with E-state index in [-0.39, 0.29) is 11.9 Å². The first kappa shape index (κ1) is 21.1. The van der Waals surface area contributed by atoms with Crippen LogP contribution in [0.2, 0.25) is 10.0 Å². The van der Waals surface area contributed by atoms with Crippen molar-refractivity contribution in [2.45, 2.75) is 19.4 Å². The number of guanidine groups is 1. The maximum Gasteiger partial charge on any atom is 0.251 e. The molecule has 0 aliphatic carbocycles. The number of hydrogen-bond donors (Lipinski definition) is 3. The number of rotatable bonds is 6. The van der Waals surface area contributed by atoms with Gasteiger partial charge in [-0.05, 0) is 48.7 Å². The Balaban J connectivity index is 1.91. The van der Waals surface area contributed by atoms with Gasteiger partial charge in [-0.3, -0.25) is 9.79 Å². The van der Waals surface area contributed by atoms with Gasteiger partial charge in [0.25, 0.3) is 5.91 Å². The van der Waals surface area contributed by atoms with Crippen LogP contribution in [0.1, 0.15) is 34.5 Å². The predicted octanol–water partition coefficient (Wildman–Crippen LogP) is 3.82. The molecule has 0 aromatic heterocycles. The smallest absolute Gasteiger partial charge is 0.251 e. The first-order valence-corrected chi connectivity index (χ1v) is 9.43. The molecular weight excluding hydrogens is 383 g/mol. The Bertz CT molecular complexity index is 823. The minimum atomic E-state index is -0.0871. The molecule has 1 atom stereocenters. The first-order valence-electron chi connectivity index (χ1n) is 8.67. The third-order valence-corrected chi connectivity index (χ3v) is 4.69. The molecule has 0 fully saturated rings. The molecular formula is C20H24Cl2N4O. The van der Waals surface area contributed by atoms with E-state index >= 15 is 0 Å². The number of nitrogens with one attached hydrogen (secondary N) is 3. The number of carbonyl (C=O) groups is 1. The van der Waals surface area contributed by atoms with Crippen molar-refractivity contribution in [2.75, 3.05) is 20.6 Å². The molecule has 2 aromatic rings. The fourth-order valence-corrected chi connectivity index (χ4v) is 3.24. The molecule has 0 bridgehead atoms. The molecule has 0 radical (unpaired) electrons. The Morgan fingerprint density at radius 1 is 1.19 bits per heavy atom. The quantitative estimate of drug-likeness (QED) is 0.504. The summed E-state index contributed by atoms with van der Waals surface area (Å²) in [6.07, 6.45) is 0.765. The van der Waals surface area contributed by atoms with E-state index in [2.05, 4.69) is 20.9 Å². The normalized spacial score (nSPS) is 12.4. The van der Waals surface area contributed by atoms with E-state index in [9.17, 15) is 4.79 Å². The summed E-state index contributed by atoms with van der Waals surface area (Å²) >= 11 is 12.2. The molecule has 0 aliphatic rings. The molecule has 1 amide bonds. The van der Waals surface area contributed by atoms with Crippen molar-refractivity contribution in [1.29, 1.82) is 0 Å². The van der Waals surface area contributed by atoms with E-state index in [0.29, 0.717) is 28.1 Å². The molecule has 0 saturated heterocycles. The summed E-state index contributed by atoms with van der Waals surface area (Å²) in [7, 11) is 3.35. The molecule has 2 rings (SSSR count). The van der Waals surface area contributed by atoms with E-state index < -0.39 is 0 Å². The van der Waals surface area contributed by atoms with Crippen molar-refractivity contribution in [3.63, 3.8) is 0 Å². The van der Waals surface area contributed by atoms with E-state index in [1.54, 1.807) is 26.2 Å². The maximum absolute atomic E-state index is 11.7. The van der Waals surface area contributed by atoms with Gasteiger partial charge in [-0.2, -0.15) is 0 Å². The van der Waals surface area contributed by atoms with Gasteiger partial charge in [-0.1, -0.05) is 41.4 Å². The highest BCUT2D eigenvalue weighted by Gasteiger charge is 2.12. The zero-order chi connectivity index (χ0) is 19.8. The van der Waals surface area contributed by atoms with Crippen molar-refractivity contribution in [3.05, 3.63) is 69.2 Å². The van der Waals surface area contributed by atoms with Crippen LogP contribution in [0.5, 0.6) is 0 Å². The van der Waals surface area contributed by atoms with Crippen LogP contribution < -0.4 is 16.0 Å². The van der Waals surface area contributed by atoms with E-state index in [1.165, 1.54) is 0 Å². The molecule has 5 nitrogen and oxygen atoms in total. The summed E-state index contributed by atoms with van der Waals surface area (Å²) in [5.74, 6) is 0.590. The molecule has 1 unspecified atom stereocenters. The van der Waals surface area contributed by atoms with Gasteiger partial charge >= 0.3 is 0 Å². The van der Waals surface area contributed by atoms with Gasteiger partial charge in [-0.25, -0.2) is 0 Å². The minimum absolute atomic E-state index is 0.0301. The summed E-state index contributed by atoms with van der Waals surface area (Å²) in [4.78, 5) is 16.0. The lowest BCUT2D eigenvalue weighted by atomic mass is 10.1. The van der Waals surface area contributed by atoms with Crippen LogP contribution in [0.15, 0.2) is 47.5 Å². The summed E-state index contributed by atoms with van der Waals surface area (Å²) in [5.41, 5.74) is 2.68. The lowest BCUT2D eigenvalue weighted by Crippen LogP contribution is -2.39. The largest absolute Gasteiger partial charge is 0.356 e. The van der Waals surface area contributed by atoms with E-state index in [1.807, 2.05) is 37.3 Å². The van der Waals surface area contributed by atoms with Crippen molar-refractivity contribution < 1.29 is 4.79 Å². The second-order valence-electron chi connectivity index (χ2n) is 6.06. The number of benzene rings is 2. The van der Waals surface area contributed by atoms with Crippen LogP contribution in [0.4, 0.5) is 0 Å². The summed E-state index contributed by atoms with van der Waals surface area (Å²) in [6, 6.07) is 13.0. The van der Waals surface area contributed by atoms with E-state index in [0.717, 1.165) is 17.5 Å². The molecule has 0 spiro atoms. The van der Waals surface area contributed by atoms with Crippen LogP contribution in [0, 0.1) is 0 Å². The average Bonchev–Trinajstić information content (AvgIpc) is 2.66. The van der Waals surface area contributed by atoms with Crippen LogP contribution in [-0.2, 0) is 6.42 Å². The number of amides is 1. The zero-order valence-electron chi connectivity index (χ0n) is 15.6. The second kappa shape index (κ2) is 10.2. The highest BCUT2D eigenvalue weighted by Crippen LogP contribution is 2.25. The molecule has 2 aromatic carbocycles. The zero-order valence-corrected chi connectivity index (χ0v) is 17.2. The summed E-state index contributed by atoms with van der Waals surface area (Å²) < 4.78 is 0. The highest BCUT2D eigenvalue weighted by atomic mass is 35.5. The third-order valence-electron chi connectivity index (χ3n) is 4.13. The van der Waals surface area contributed by atoms with Crippen LogP contribution in [0.3, 0.4) is 0 Å². The van der Waals surface area contributed by atoms with Gasteiger partial charge in [-0.15, -0.1) is 0 Å². The Morgan fingerprint density at radius 2 is 1.96 bits per heavy atom. The molecule has 0 saturated carbocycles. The topological polar surface area (TPSA) is 65.5 Å². The van der Waals surface area contributed by atoms with Crippen molar-refractivity contribution >= 4 is 35.1 Å². The van der Waals surface area contributed by atoms with Crippen molar-refractivity contribution in [1.82, 2.24) is 16.0 Å². The number of carbonyl (C=O) groups excluding carboxylic acids is 1. The van der Waals surface area contributed by atoms with Crippen LogP contribution in [-0.4, -0.2) is 32.5 Å².